The Morgan fingerprint density at radius 1 is 1.07 bits per heavy atom. The van der Waals surface area contributed by atoms with E-state index in [9.17, 15) is 4.79 Å². The van der Waals surface area contributed by atoms with Crippen LogP contribution in [0.4, 0.5) is 5.69 Å². The van der Waals surface area contributed by atoms with Crippen molar-refractivity contribution in [1.82, 2.24) is 4.90 Å². The molecule has 3 rings (SSSR count). The van der Waals surface area contributed by atoms with Crippen LogP contribution in [0.25, 0.3) is 0 Å². The lowest BCUT2D eigenvalue weighted by Crippen LogP contribution is -2.38. The van der Waals surface area contributed by atoms with Crippen molar-refractivity contribution in [3.8, 4) is 11.5 Å². The molecule has 1 saturated heterocycles. The van der Waals surface area contributed by atoms with E-state index in [1.807, 2.05) is 61.2 Å². The van der Waals surface area contributed by atoms with E-state index in [-0.39, 0.29) is 12.5 Å². The van der Waals surface area contributed by atoms with Gasteiger partial charge in [0.25, 0.3) is 5.91 Å². The van der Waals surface area contributed by atoms with E-state index < -0.39 is 0 Å². The Labute approximate surface area is 172 Å². The fourth-order valence-electron chi connectivity index (χ4n) is 3.18. The highest BCUT2D eigenvalue weighted by Gasteiger charge is 2.17. The van der Waals surface area contributed by atoms with Gasteiger partial charge in [-0.1, -0.05) is 17.7 Å². The van der Waals surface area contributed by atoms with Crippen LogP contribution in [-0.2, 0) is 4.79 Å². The summed E-state index contributed by atoms with van der Waals surface area (Å²) >= 11 is 0. The molecule has 0 aliphatic carbocycles. The van der Waals surface area contributed by atoms with E-state index in [0.717, 1.165) is 37.2 Å². The molecule has 6 nitrogen and oxygen atoms in total. The summed E-state index contributed by atoms with van der Waals surface area (Å²) in [7, 11) is 0. The summed E-state index contributed by atoms with van der Waals surface area (Å²) in [5.41, 5.74) is 6.02. The third-order valence-electron chi connectivity index (χ3n) is 4.79. The monoisotopic (exact) mass is 395 g/mol. The first kappa shape index (κ1) is 20.7. The van der Waals surface area contributed by atoms with Crippen LogP contribution in [0.2, 0.25) is 0 Å². The zero-order valence-electron chi connectivity index (χ0n) is 17.2. The summed E-state index contributed by atoms with van der Waals surface area (Å²) in [6.07, 6.45) is 5.06. The molecule has 0 aromatic heterocycles. The van der Waals surface area contributed by atoms with E-state index in [1.54, 1.807) is 6.21 Å². The van der Waals surface area contributed by atoms with Crippen LogP contribution in [0.15, 0.2) is 47.6 Å². The number of nitrogens with zero attached hydrogens (tertiary/aromatic N) is 2. The number of hydrazone groups is 1. The van der Waals surface area contributed by atoms with Crippen LogP contribution in [0.5, 0.6) is 11.5 Å². The minimum atomic E-state index is 0.0279. The van der Waals surface area contributed by atoms with Gasteiger partial charge in [-0.25, -0.2) is 0 Å². The van der Waals surface area contributed by atoms with Gasteiger partial charge in [-0.15, -0.1) is 0 Å². The third kappa shape index (κ3) is 6.24. The number of nitrogens with one attached hydrogen (secondary N) is 1. The Balaban J connectivity index is 1.60. The summed E-state index contributed by atoms with van der Waals surface area (Å²) in [4.78, 5) is 14.2. The van der Waals surface area contributed by atoms with Crippen molar-refractivity contribution in [3.63, 3.8) is 0 Å². The first-order chi connectivity index (χ1) is 14.2. The molecular formula is C23H29N3O3. The Morgan fingerprint density at radius 2 is 1.83 bits per heavy atom. The molecule has 1 aliphatic heterocycles. The van der Waals surface area contributed by atoms with Gasteiger partial charge in [-0.2, -0.15) is 5.10 Å². The van der Waals surface area contributed by atoms with E-state index in [1.165, 1.54) is 12.0 Å². The van der Waals surface area contributed by atoms with Gasteiger partial charge in [0.2, 0.25) is 0 Å². The van der Waals surface area contributed by atoms with Crippen molar-refractivity contribution in [1.29, 1.82) is 0 Å². The van der Waals surface area contributed by atoms with Crippen molar-refractivity contribution < 1.29 is 14.3 Å². The lowest BCUT2D eigenvalue weighted by Gasteiger charge is -2.26. The Morgan fingerprint density at radius 3 is 2.55 bits per heavy atom. The average Bonchev–Trinajstić information content (AvgIpc) is 2.75. The zero-order chi connectivity index (χ0) is 20.5. The summed E-state index contributed by atoms with van der Waals surface area (Å²) in [5, 5.41) is 4.28. The molecule has 6 heteroatoms. The second-order valence-corrected chi connectivity index (χ2v) is 7.11. The number of rotatable bonds is 8. The number of likely N-dealkylation sites (tertiary alicyclic amines) is 1. The van der Waals surface area contributed by atoms with Gasteiger partial charge in [0.15, 0.2) is 18.1 Å². The van der Waals surface area contributed by atoms with Crippen LogP contribution < -0.4 is 14.9 Å². The third-order valence-corrected chi connectivity index (χ3v) is 4.79. The quantitative estimate of drug-likeness (QED) is 0.537. The maximum absolute atomic E-state index is 12.3. The molecule has 0 unspecified atom stereocenters. The topological polar surface area (TPSA) is 63.2 Å². The first-order valence-corrected chi connectivity index (χ1v) is 10.2. The van der Waals surface area contributed by atoms with Gasteiger partial charge < -0.3 is 14.4 Å². The van der Waals surface area contributed by atoms with E-state index in [0.29, 0.717) is 18.1 Å². The predicted molar refractivity (Wildman–Crippen MR) is 116 cm³/mol. The van der Waals surface area contributed by atoms with Gasteiger partial charge in [0.05, 0.1) is 18.5 Å². The number of anilines is 1. The van der Waals surface area contributed by atoms with Gasteiger partial charge in [0.1, 0.15) is 0 Å². The highest BCUT2D eigenvalue weighted by atomic mass is 16.5. The predicted octanol–water partition coefficient (Wildman–Crippen LogP) is 4.23. The number of benzene rings is 2. The lowest BCUT2D eigenvalue weighted by atomic mass is 10.1. The number of hydrogen-bond donors (Lipinski definition) is 1. The summed E-state index contributed by atoms with van der Waals surface area (Å²) in [6, 6.07) is 13.6. The molecule has 1 heterocycles. The number of piperidine rings is 1. The number of ether oxygens (including phenoxy) is 2. The molecule has 1 fully saturated rings. The Hall–Kier alpha value is -3.02. The molecule has 1 N–H and O–H groups in total. The van der Waals surface area contributed by atoms with E-state index in [4.69, 9.17) is 9.47 Å². The molecule has 1 amide bonds. The van der Waals surface area contributed by atoms with Gasteiger partial charge in [-0.3, -0.25) is 10.2 Å². The number of carbonyl (C=O) groups excluding carboxylic acids is 1. The van der Waals surface area contributed by atoms with Crippen molar-refractivity contribution >= 4 is 17.8 Å². The molecule has 2 aromatic carbocycles. The van der Waals surface area contributed by atoms with Crippen LogP contribution in [0, 0.1) is 6.92 Å². The lowest BCUT2D eigenvalue weighted by molar-refractivity contribution is -0.134. The molecule has 29 heavy (non-hydrogen) atoms. The molecule has 0 atom stereocenters. The minimum Gasteiger partial charge on any atom is -0.490 e. The molecule has 2 aromatic rings. The van der Waals surface area contributed by atoms with Crippen molar-refractivity contribution in [3.05, 3.63) is 53.6 Å². The molecule has 1 aliphatic rings. The number of aryl methyl sites for hydroxylation is 1. The summed E-state index contributed by atoms with van der Waals surface area (Å²) in [5.74, 6) is 1.21. The first-order valence-electron chi connectivity index (χ1n) is 10.2. The second-order valence-electron chi connectivity index (χ2n) is 7.11. The molecule has 154 valence electrons. The smallest absolute Gasteiger partial charge is 0.260 e. The number of amides is 1. The molecule has 0 bridgehead atoms. The fourth-order valence-corrected chi connectivity index (χ4v) is 3.18. The number of carbonyl (C=O) groups is 1. The van der Waals surface area contributed by atoms with E-state index in [2.05, 4.69) is 10.5 Å². The van der Waals surface area contributed by atoms with Crippen LogP contribution in [0.3, 0.4) is 0 Å². The van der Waals surface area contributed by atoms with Crippen molar-refractivity contribution in [2.24, 2.45) is 5.10 Å². The van der Waals surface area contributed by atoms with Gasteiger partial charge in [-0.05, 0) is 69.0 Å². The van der Waals surface area contributed by atoms with Crippen molar-refractivity contribution in [2.75, 3.05) is 31.7 Å². The fraction of sp³-hybridized carbons (Fsp3) is 0.391. The summed E-state index contributed by atoms with van der Waals surface area (Å²) < 4.78 is 11.5. The SMILES string of the molecule is CCOc1cc(/C=N\Nc2ccc(C)cc2)ccc1OCC(=O)N1CCCCC1. The minimum absolute atomic E-state index is 0.0279. The highest BCUT2D eigenvalue weighted by Crippen LogP contribution is 2.28. The number of hydrogen-bond acceptors (Lipinski definition) is 5. The Kier molecular flexibility index (Phi) is 7.50. The van der Waals surface area contributed by atoms with Crippen molar-refractivity contribution in [2.45, 2.75) is 33.1 Å². The van der Waals surface area contributed by atoms with Gasteiger partial charge in [0, 0.05) is 13.1 Å². The molecular weight excluding hydrogens is 366 g/mol. The Bertz CT molecular complexity index is 828. The van der Waals surface area contributed by atoms with E-state index >= 15 is 0 Å². The van der Waals surface area contributed by atoms with Crippen LogP contribution in [-0.4, -0.2) is 43.3 Å². The summed E-state index contributed by atoms with van der Waals surface area (Å²) in [6.45, 7) is 6.16. The van der Waals surface area contributed by atoms with Crippen LogP contribution in [0.1, 0.15) is 37.3 Å². The normalized spacial score (nSPS) is 14.1. The molecule has 0 saturated carbocycles. The van der Waals surface area contributed by atoms with Crippen LogP contribution >= 0.6 is 0 Å². The second kappa shape index (κ2) is 10.5. The zero-order valence-corrected chi connectivity index (χ0v) is 17.2. The standard InChI is InChI=1S/C23H29N3O3/c1-3-28-22-15-19(16-24-25-20-10-7-18(2)8-11-20)9-12-21(22)29-17-23(27)26-13-5-4-6-14-26/h7-12,15-16,25H,3-6,13-14,17H2,1-2H3/b24-16-. The molecule has 0 spiro atoms. The van der Waals surface area contributed by atoms with Gasteiger partial charge >= 0.3 is 0 Å². The largest absolute Gasteiger partial charge is 0.490 e. The highest BCUT2D eigenvalue weighted by molar-refractivity contribution is 5.82. The maximum atomic E-state index is 12.3. The maximum Gasteiger partial charge on any atom is 0.260 e. The molecule has 0 radical (unpaired) electrons. The average molecular weight is 396 g/mol.